The molecule has 116 valence electrons. The zero-order chi connectivity index (χ0) is 15.1. The van der Waals surface area contributed by atoms with Crippen molar-refractivity contribution >= 4 is 0 Å². The lowest BCUT2D eigenvalue weighted by molar-refractivity contribution is 0.00185. The topological polar surface area (TPSA) is 0 Å². The average Bonchev–Trinajstić information content (AvgIpc) is 2.56. The van der Waals surface area contributed by atoms with Crippen LogP contribution in [0.2, 0.25) is 0 Å². The highest BCUT2D eigenvalue weighted by Gasteiger charge is 2.50. The van der Waals surface area contributed by atoms with E-state index in [1.165, 1.54) is 50.5 Å². The van der Waals surface area contributed by atoms with Gasteiger partial charge in [0.1, 0.15) is 0 Å². The Hall–Kier alpha value is -0.780. The van der Waals surface area contributed by atoms with Gasteiger partial charge in [0.2, 0.25) is 0 Å². The summed E-state index contributed by atoms with van der Waals surface area (Å²) in [6.45, 7) is 9.51. The van der Waals surface area contributed by atoms with E-state index in [1.807, 2.05) is 0 Å². The quantitative estimate of drug-likeness (QED) is 0.596. The Labute approximate surface area is 131 Å². The summed E-state index contributed by atoms with van der Waals surface area (Å²) in [7, 11) is 0. The highest BCUT2D eigenvalue weighted by molar-refractivity contribution is 5.32. The fourth-order valence-corrected chi connectivity index (χ4v) is 4.91. The van der Waals surface area contributed by atoms with Crippen LogP contribution in [0.3, 0.4) is 0 Å². The van der Waals surface area contributed by atoms with E-state index in [-0.39, 0.29) is 0 Å². The summed E-state index contributed by atoms with van der Waals surface area (Å²) in [5, 5.41) is 0. The molecule has 0 aromatic heterocycles. The third-order valence-electron chi connectivity index (χ3n) is 7.23. The fourth-order valence-electron chi connectivity index (χ4n) is 4.91. The maximum Gasteiger partial charge on any atom is -0.00463 e. The molecule has 0 radical (unpaired) electrons. The minimum Gasteiger partial charge on any atom is -0.0648 e. The number of hydrogen-bond acceptors (Lipinski definition) is 0. The molecule has 2 bridgehead atoms. The van der Waals surface area contributed by atoms with Crippen molar-refractivity contribution in [1.29, 1.82) is 0 Å². The molecule has 3 saturated carbocycles. The van der Waals surface area contributed by atoms with Crippen LogP contribution in [0, 0.1) is 11.3 Å². The number of benzene rings is 1. The van der Waals surface area contributed by atoms with Gasteiger partial charge in [-0.05, 0) is 78.7 Å². The van der Waals surface area contributed by atoms with Gasteiger partial charge in [0.25, 0.3) is 0 Å². The normalized spacial score (nSPS) is 33.4. The predicted octanol–water partition coefficient (Wildman–Crippen LogP) is 6.45. The van der Waals surface area contributed by atoms with Gasteiger partial charge in [-0.1, -0.05) is 52.0 Å². The smallest absolute Gasteiger partial charge is 0.00463 e. The van der Waals surface area contributed by atoms with Crippen molar-refractivity contribution in [1.82, 2.24) is 0 Å². The standard InChI is InChI=1S/C21H32/c1-5-17(4)18-6-8-19(9-7-18)21-13-10-20(11-14-21,12-15-21)16(2)3/h6-9,16-17H,5,10-15H2,1-4H3. The highest BCUT2D eigenvalue weighted by atomic mass is 14.5. The van der Waals surface area contributed by atoms with Gasteiger partial charge >= 0.3 is 0 Å². The monoisotopic (exact) mass is 284 g/mol. The Kier molecular flexibility index (Phi) is 3.93. The second-order valence-electron chi connectivity index (χ2n) is 8.23. The fraction of sp³-hybridized carbons (Fsp3) is 0.714. The maximum absolute atomic E-state index is 2.45. The highest BCUT2D eigenvalue weighted by Crippen LogP contribution is 2.60. The second-order valence-corrected chi connectivity index (χ2v) is 8.23. The number of fused-ring (bicyclic) bond motifs is 3. The van der Waals surface area contributed by atoms with Crippen molar-refractivity contribution in [3.05, 3.63) is 35.4 Å². The molecule has 0 heteroatoms. The summed E-state index contributed by atoms with van der Waals surface area (Å²) in [4.78, 5) is 0. The Balaban J connectivity index is 1.79. The summed E-state index contributed by atoms with van der Waals surface area (Å²) in [5.41, 5.74) is 4.34. The van der Waals surface area contributed by atoms with Crippen LogP contribution in [0.15, 0.2) is 24.3 Å². The van der Waals surface area contributed by atoms with Crippen molar-refractivity contribution in [2.75, 3.05) is 0 Å². The van der Waals surface area contributed by atoms with Crippen LogP contribution in [0.4, 0.5) is 0 Å². The molecule has 3 aliphatic rings. The first kappa shape index (κ1) is 15.1. The lowest BCUT2D eigenvalue weighted by atomic mass is 9.49. The van der Waals surface area contributed by atoms with Gasteiger partial charge in [0, 0.05) is 0 Å². The van der Waals surface area contributed by atoms with Gasteiger partial charge in [0.05, 0.1) is 0 Å². The van der Waals surface area contributed by atoms with Crippen LogP contribution in [-0.2, 0) is 5.41 Å². The van der Waals surface area contributed by atoms with E-state index in [0.717, 1.165) is 5.92 Å². The Bertz CT molecular complexity index is 455. The molecule has 0 saturated heterocycles. The summed E-state index contributed by atoms with van der Waals surface area (Å²) < 4.78 is 0. The SMILES string of the molecule is CCC(C)c1ccc(C23CCC(C(C)C)(CC2)CC3)cc1. The molecule has 0 heterocycles. The molecule has 1 unspecified atom stereocenters. The van der Waals surface area contributed by atoms with Gasteiger partial charge < -0.3 is 0 Å². The third kappa shape index (κ3) is 2.45. The van der Waals surface area contributed by atoms with Gasteiger partial charge in [-0.25, -0.2) is 0 Å². The largest absolute Gasteiger partial charge is 0.0648 e. The second kappa shape index (κ2) is 5.45. The molecule has 0 spiro atoms. The molecular weight excluding hydrogens is 252 g/mol. The van der Waals surface area contributed by atoms with Gasteiger partial charge in [-0.15, -0.1) is 0 Å². The van der Waals surface area contributed by atoms with E-state index in [0.29, 0.717) is 16.7 Å². The zero-order valence-corrected chi connectivity index (χ0v) is 14.4. The third-order valence-corrected chi connectivity index (χ3v) is 7.23. The number of rotatable bonds is 4. The first-order valence-electron chi connectivity index (χ1n) is 9.12. The van der Waals surface area contributed by atoms with Crippen LogP contribution in [0.25, 0.3) is 0 Å². The van der Waals surface area contributed by atoms with Gasteiger partial charge in [-0.3, -0.25) is 0 Å². The summed E-state index contributed by atoms with van der Waals surface area (Å²) in [6.07, 6.45) is 9.88. The molecule has 0 nitrogen and oxygen atoms in total. The molecule has 1 aromatic carbocycles. The molecule has 3 fully saturated rings. The molecule has 0 N–H and O–H groups in total. The van der Waals surface area contributed by atoms with Crippen molar-refractivity contribution in [2.45, 2.75) is 84.0 Å². The lowest BCUT2D eigenvalue weighted by Crippen LogP contribution is -2.46. The average molecular weight is 284 g/mol. The molecular formula is C21H32. The van der Waals surface area contributed by atoms with Crippen LogP contribution < -0.4 is 0 Å². The minimum absolute atomic E-state index is 0.518. The van der Waals surface area contributed by atoms with Crippen LogP contribution in [0.1, 0.15) is 89.7 Å². The predicted molar refractivity (Wildman–Crippen MR) is 91.8 cm³/mol. The lowest BCUT2D eigenvalue weighted by Gasteiger charge is -2.56. The molecule has 0 amide bonds. The first-order valence-corrected chi connectivity index (χ1v) is 9.12. The van der Waals surface area contributed by atoms with E-state index < -0.39 is 0 Å². The number of hydrogen-bond donors (Lipinski definition) is 0. The summed E-state index contributed by atoms with van der Waals surface area (Å²) in [6, 6.07) is 9.71. The summed E-state index contributed by atoms with van der Waals surface area (Å²) in [5.74, 6) is 1.56. The van der Waals surface area contributed by atoms with E-state index in [2.05, 4.69) is 52.0 Å². The first-order chi connectivity index (χ1) is 10.0. The molecule has 3 aliphatic carbocycles. The molecule has 4 rings (SSSR count). The Morgan fingerprint density at radius 2 is 1.38 bits per heavy atom. The van der Waals surface area contributed by atoms with Crippen molar-refractivity contribution in [3.63, 3.8) is 0 Å². The minimum atomic E-state index is 0.518. The zero-order valence-electron chi connectivity index (χ0n) is 14.4. The van der Waals surface area contributed by atoms with E-state index in [1.54, 1.807) is 5.56 Å². The van der Waals surface area contributed by atoms with E-state index in [9.17, 15) is 0 Å². The van der Waals surface area contributed by atoms with Crippen molar-refractivity contribution < 1.29 is 0 Å². The van der Waals surface area contributed by atoms with Gasteiger partial charge in [-0.2, -0.15) is 0 Å². The van der Waals surface area contributed by atoms with E-state index >= 15 is 0 Å². The summed E-state index contributed by atoms with van der Waals surface area (Å²) >= 11 is 0. The van der Waals surface area contributed by atoms with Gasteiger partial charge in [0.15, 0.2) is 0 Å². The Morgan fingerprint density at radius 3 is 1.81 bits per heavy atom. The van der Waals surface area contributed by atoms with Crippen molar-refractivity contribution in [2.24, 2.45) is 11.3 Å². The molecule has 1 atom stereocenters. The van der Waals surface area contributed by atoms with Crippen LogP contribution in [0.5, 0.6) is 0 Å². The van der Waals surface area contributed by atoms with E-state index in [4.69, 9.17) is 0 Å². The molecule has 21 heavy (non-hydrogen) atoms. The van der Waals surface area contributed by atoms with Crippen molar-refractivity contribution in [3.8, 4) is 0 Å². The molecule has 1 aromatic rings. The maximum atomic E-state index is 2.45. The van der Waals surface area contributed by atoms with Crippen LogP contribution in [-0.4, -0.2) is 0 Å². The molecule has 0 aliphatic heterocycles. The Morgan fingerprint density at radius 1 is 0.857 bits per heavy atom. The van der Waals surface area contributed by atoms with Crippen LogP contribution >= 0.6 is 0 Å².